The molecule has 5 rings (SSSR count). The third-order valence-electron chi connectivity index (χ3n) is 7.79. The minimum Gasteiger partial charge on any atom is -0.480 e. The third kappa shape index (κ3) is 5.41. The molecule has 1 unspecified atom stereocenters. The highest BCUT2D eigenvalue weighted by Gasteiger charge is 2.55. The molecule has 8 nitrogen and oxygen atoms in total. The van der Waals surface area contributed by atoms with E-state index in [0.717, 1.165) is 16.7 Å². The molecule has 1 aliphatic rings. The SMILES string of the molecule is CC(C)[C@@H](C(=O)O)N(C)C(=O)c1ccc(NC(=O)[C@H]2CN2C(c2ccccc2)(c2ccccc2)c2ccccc2)cn1. The van der Waals surface area contributed by atoms with Gasteiger partial charge in [-0.25, -0.2) is 9.78 Å². The Kier molecular flexibility index (Phi) is 8.17. The Morgan fingerprint density at radius 1 is 0.857 bits per heavy atom. The van der Waals surface area contributed by atoms with Crippen LogP contribution < -0.4 is 5.32 Å². The maximum absolute atomic E-state index is 13.6. The van der Waals surface area contributed by atoms with Crippen molar-refractivity contribution in [1.82, 2.24) is 14.8 Å². The monoisotopic (exact) mass is 562 g/mol. The molecule has 0 radical (unpaired) electrons. The van der Waals surface area contributed by atoms with E-state index in [1.54, 1.807) is 19.9 Å². The number of amides is 2. The Hall–Kier alpha value is -4.82. The van der Waals surface area contributed by atoms with Crippen LogP contribution >= 0.6 is 0 Å². The molecule has 42 heavy (non-hydrogen) atoms. The summed E-state index contributed by atoms with van der Waals surface area (Å²) in [6.07, 6.45) is 1.43. The van der Waals surface area contributed by atoms with Crippen molar-refractivity contribution in [3.8, 4) is 0 Å². The van der Waals surface area contributed by atoms with Crippen LogP contribution in [-0.2, 0) is 15.1 Å². The van der Waals surface area contributed by atoms with E-state index >= 15 is 0 Å². The summed E-state index contributed by atoms with van der Waals surface area (Å²) in [5.74, 6) is -2.02. The zero-order chi connectivity index (χ0) is 29.9. The molecule has 1 saturated heterocycles. The van der Waals surface area contributed by atoms with Gasteiger partial charge in [0.05, 0.1) is 17.4 Å². The number of likely N-dealkylation sites (N-methyl/N-ethyl adjacent to an activating group) is 1. The fraction of sp³-hybridized carbons (Fsp3) is 0.235. The Morgan fingerprint density at radius 3 is 1.76 bits per heavy atom. The van der Waals surface area contributed by atoms with E-state index in [1.165, 1.54) is 24.2 Å². The number of nitrogens with one attached hydrogen (secondary N) is 1. The van der Waals surface area contributed by atoms with Crippen LogP contribution in [0.4, 0.5) is 5.69 Å². The lowest BCUT2D eigenvalue weighted by molar-refractivity contribution is -0.143. The maximum Gasteiger partial charge on any atom is 0.326 e. The number of aromatic nitrogens is 1. The lowest BCUT2D eigenvalue weighted by atomic mass is 9.76. The second-order valence-electron chi connectivity index (χ2n) is 10.8. The van der Waals surface area contributed by atoms with E-state index in [0.29, 0.717) is 12.2 Å². The minimum atomic E-state index is -1.07. The number of hydrogen-bond acceptors (Lipinski definition) is 5. The number of carboxylic acid groups (broad SMARTS) is 1. The molecular formula is C34H34N4O4. The number of carboxylic acids is 1. The lowest BCUT2D eigenvalue weighted by Gasteiger charge is -2.38. The molecule has 2 heterocycles. The molecule has 1 fully saturated rings. The summed E-state index contributed by atoms with van der Waals surface area (Å²) in [5.41, 5.74) is 3.07. The molecule has 1 aliphatic heterocycles. The smallest absolute Gasteiger partial charge is 0.326 e. The van der Waals surface area contributed by atoms with Crippen LogP contribution in [0.25, 0.3) is 0 Å². The number of hydrogen-bond donors (Lipinski definition) is 2. The summed E-state index contributed by atoms with van der Waals surface area (Å²) >= 11 is 0. The Balaban J connectivity index is 1.39. The fourth-order valence-electron chi connectivity index (χ4n) is 5.79. The molecule has 8 heteroatoms. The first-order chi connectivity index (χ1) is 20.2. The number of carbonyl (C=O) groups is 3. The van der Waals surface area contributed by atoms with Gasteiger partial charge in [-0.05, 0) is 34.7 Å². The van der Waals surface area contributed by atoms with Crippen LogP contribution in [0.3, 0.4) is 0 Å². The highest BCUT2D eigenvalue weighted by atomic mass is 16.4. The lowest BCUT2D eigenvalue weighted by Crippen LogP contribution is -2.45. The van der Waals surface area contributed by atoms with Crippen molar-refractivity contribution >= 4 is 23.5 Å². The van der Waals surface area contributed by atoms with Gasteiger partial charge in [-0.3, -0.25) is 14.5 Å². The highest BCUT2D eigenvalue weighted by Crippen LogP contribution is 2.48. The molecule has 214 valence electrons. The second kappa shape index (κ2) is 12.0. The van der Waals surface area contributed by atoms with Crippen molar-refractivity contribution in [3.63, 3.8) is 0 Å². The molecular weight excluding hydrogens is 528 g/mol. The fourth-order valence-corrected chi connectivity index (χ4v) is 5.79. The normalized spacial score (nSPS) is 16.9. The van der Waals surface area contributed by atoms with Crippen LogP contribution in [-0.4, -0.2) is 63.4 Å². The number of anilines is 1. The van der Waals surface area contributed by atoms with E-state index in [1.807, 2.05) is 54.6 Å². The van der Waals surface area contributed by atoms with Gasteiger partial charge < -0.3 is 15.3 Å². The van der Waals surface area contributed by atoms with Crippen molar-refractivity contribution < 1.29 is 19.5 Å². The van der Waals surface area contributed by atoms with Crippen LogP contribution in [0.15, 0.2) is 109 Å². The zero-order valence-corrected chi connectivity index (χ0v) is 23.8. The number of rotatable bonds is 10. The predicted molar refractivity (Wildman–Crippen MR) is 161 cm³/mol. The molecule has 2 amide bonds. The first-order valence-corrected chi connectivity index (χ1v) is 13.9. The molecule has 3 aromatic carbocycles. The summed E-state index contributed by atoms with van der Waals surface area (Å²) in [6.45, 7) is 4.04. The van der Waals surface area contributed by atoms with Gasteiger partial charge in [0.1, 0.15) is 17.8 Å². The number of carbonyl (C=O) groups excluding carboxylic acids is 2. The van der Waals surface area contributed by atoms with Crippen molar-refractivity contribution in [3.05, 3.63) is 132 Å². The minimum absolute atomic E-state index is 0.103. The third-order valence-corrected chi connectivity index (χ3v) is 7.79. The van der Waals surface area contributed by atoms with E-state index < -0.39 is 29.5 Å². The van der Waals surface area contributed by atoms with Crippen molar-refractivity contribution in [2.75, 3.05) is 18.9 Å². The number of nitrogens with zero attached hydrogens (tertiary/aromatic N) is 3. The molecule has 0 saturated carbocycles. The van der Waals surface area contributed by atoms with Gasteiger partial charge in [0.15, 0.2) is 0 Å². The Morgan fingerprint density at radius 2 is 1.36 bits per heavy atom. The molecule has 4 aromatic rings. The first kappa shape index (κ1) is 28.7. The zero-order valence-electron chi connectivity index (χ0n) is 23.8. The standard InChI is InChI=1S/C34H34N4O4/c1-23(2)30(33(41)42)37(3)32(40)28-20-19-27(21-35-28)36-31(39)29-22-38(29)34(24-13-7-4-8-14-24,25-15-9-5-10-16-25)26-17-11-6-12-18-26/h4-21,23,29-30H,22H2,1-3H3,(H,36,39)(H,41,42)/t29-,30+,38?/m1/s1. The Bertz CT molecular complexity index is 1450. The molecule has 0 spiro atoms. The molecule has 0 aliphatic carbocycles. The highest BCUT2D eigenvalue weighted by molar-refractivity contribution is 5.98. The van der Waals surface area contributed by atoms with Crippen LogP contribution in [0.2, 0.25) is 0 Å². The van der Waals surface area contributed by atoms with Crippen LogP contribution in [0, 0.1) is 5.92 Å². The van der Waals surface area contributed by atoms with E-state index in [9.17, 15) is 19.5 Å². The Labute approximate surface area is 245 Å². The van der Waals surface area contributed by atoms with Crippen molar-refractivity contribution in [1.29, 1.82) is 0 Å². The first-order valence-electron chi connectivity index (χ1n) is 13.9. The van der Waals surface area contributed by atoms with Gasteiger partial charge in [-0.2, -0.15) is 0 Å². The molecule has 1 aromatic heterocycles. The van der Waals surface area contributed by atoms with E-state index in [2.05, 4.69) is 51.6 Å². The van der Waals surface area contributed by atoms with Gasteiger partial charge >= 0.3 is 5.97 Å². The molecule has 2 N–H and O–H groups in total. The van der Waals surface area contributed by atoms with Crippen molar-refractivity contribution in [2.45, 2.75) is 31.5 Å². The van der Waals surface area contributed by atoms with E-state index in [4.69, 9.17) is 0 Å². The maximum atomic E-state index is 13.6. The van der Waals surface area contributed by atoms with Gasteiger partial charge in [0.2, 0.25) is 5.91 Å². The van der Waals surface area contributed by atoms with Gasteiger partial charge in [0.25, 0.3) is 5.91 Å². The quantitative estimate of drug-likeness (QED) is 0.211. The van der Waals surface area contributed by atoms with Crippen LogP contribution in [0.5, 0.6) is 0 Å². The summed E-state index contributed by atoms with van der Waals surface area (Å²) in [7, 11) is 1.46. The topological polar surface area (TPSA) is 103 Å². The summed E-state index contributed by atoms with van der Waals surface area (Å²) in [4.78, 5) is 45.8. The average molecular weight is 563 g/mol. The molecule has 3 atom stereocenters. The van der Waals surface area contributed by atoms with Crippen molar-refractivity contribution in [2.24, 2.45) is 5.92 Å². The number of pyridine rings is 1. The number of aliphatic carboxylic acids is 1. The van der Waals surface area contributed by atoms with E-state index in [-0.39, 0.29) is 17.5 Å². The predicted octanol–water partition coefficient (Wildman–Crippen LogP) is 4.88. The van der Waals surface area contributed by atoms with Gasteiger partial charge in [0, 0.05) is 13.6 Å². The number of benzene rings is 3. The van der Waals surface area contributed by atoms with Crippen LogP contribution in [0.1, 0.15) is 41.0 Å². The summed E-state index contributed by atoms with van der Waals surface area (Å²) < 4.78 is 0. The summed E-state index contributed by atoms with van der Waals surface area (Å²) in [5, 5.41) is 12.5. The average Bonchev–Trinajstić information content (AvgIpc) is 3.80. The molecule has 0 bridgehead atoms. The van der Waals surface area contributed by atoms with Gasteiger partial charge in [-0.1, -0.05) is 105 Å². The second-order valence-corrected chi connectivity index (χ2v) is 10.8. The summed E-state index contributed by atoms with van der Waals surface area (Å²) in [6, 6.07) is 32.4. The largest absolute Gasteiger partial charge is 0.480 e. The van der Waals surface area contributed by atoms with Gasteiger partial charge in [-0.15, -0.1) is 0 Å².